The summed E-state index contributed by atoms with van der Waals surface area (Å²) in [7, 11) is 0. The lowest BCUT2D eigenvalue weighted by Gasteiger charge is -2.31. The van der Waals surface area contributed by atoms with E-state index in [9.17, 15) is 0 Å². The Morgan fingerprint density at radius 3 is 2.83 bits per heavy atom. The van der Waals surface area contributed by atoms with Gasteiger partial charge in [-0.25, -0.2) is 0 Å². The Balaban J connectivity index is 1.67. The molecule has 2 heterocycles. The van der Waals surface area contributed by atoms with Crippen molar-refractivity contribution < 1.29 is 4.74 Å². The summed E-state index contributed by atoms with van der Waals surface area (Å²) < 4.78 is 7.01. The van der Waals surface area contributed by atoms with Crippen LogP contribution in [0.1, 0.15) is 24.1 Å². The SMILES string of the molecule is NCCCOC1CCN(Cc2cc(Br)cs2)CC1. The van der Waals surface area contributed by atoms with E-state index in [1.807, 2.05) is 11.3 Å². The van der Waals surface area contributed by atoms with Crippen LogP contribution in [0.5, 0.6) is 0 Å². The largest absolute Gasteiger partial charge is 0.378 e. The molecule has 0 aliphatic carbocycles. The minimum Gasteiger partial charge on any atom is -0.378 e. The van der Waals surface area contributed by atoms with Crippen LogP contribution in [0.3, 0.4) is 0 Å². The van der Waals surface area contributed by atoms with Gasteiger partial charge in [0.25, 0.3) is 0 Å². The standard InChI is InChI=1S/C13H21BrN2OS/c14-11-8-13(18-10-11)9-16-5-2-12(3-6-16)17-7-1-4-15/h8,10,12H,1-7,9,15H2. The number of likely N-dealkylation sites (tertiary alicyclic amines) is 1. The first-order valence-corrected chi connectivity index (χ1v) is 8.22. The van der Waals surface area contributed by atoms with Crippen molar-refractivity contribution in [1.29, 1.82) is 0 Å². The van der Waals surface area contributed by atoms with E-state index < -0.39 is 0 Å². The summed E-state index contributed by atoms with van der Waals surface area (Å²) in [5, 5.41) is 2.15. The van der Waals surface area contributed by atoms with Gasteiger partial charge in [0.1, 0.15) is 0 Å². The molecule has 0 saturated carbocycles. The monoisotopic (exact) mass is 332 g/mol. The summed E-state index contributed by atoms with van der Waals surface area (Å²) in [6.45, 7) is 4.91. The van der Waals surface area contributed by atoms with Crippen LogP contribution in [0.2, 0.25) is 0 Å². The maximum Gasteiger partial charge on any atom is 0.0599 e. The molecular formula is C13H21BrN2OS. The van der Waals surface area contributed by atoms with Gasteiger partial charge in [-0.05, 0) is 47.8 Å². The molecule has 0 bridgehead atoms. The zero-order valence-corrected chi connectivity index (χ0v) is 13.0. The van der Waals surface area contributed by atoms with Crippen molar-refractivity contribution in [1.82, 2.24) is 4.90 Å². The third-order valence-electron chi connectivity index (χ3n) is 3.24. The minimum absolute atomic E-state index is 0.447. The van der Waals surface area contributed by atoms with Crippen LogP contribution in [0.15, 0.2) is 15.9 Å². The number of ether oxygens (including phenoxy) is 1. The number of rotatable bonds is 6. The van der Waals surface area contributed by atoms with Gasteiger partial charge in [0.15, 0.2) is 0 Å². The maximum atomic E-state index is 5.81. The van der Waals surface area contributed by atoms with Crippen molar-refractivity contribution in [2.75, 3.05) is 26.2 Å². The lowest BCUT2D eigenvalue weighted by Crippen LogP contribution is -2.36. The topological polar surface area (TPSA) is 38.5 Å². The molecular weight excluding hydrogens is 312 g/mol. The van der Waals surface area contributed by atoms with Crippen molar-refractivity contribution in [3.05, 3.63) is 20.8 Å². The van der Waals surface area contributed by atoms with E-state index in [4.69, 9.17) is 10.5 Å². The number of hydrogen-bond donors (Lipinski definition) is 1. The second-order valence-corrected chi connectivity index (χ2v) is 6.63. The molecule has 1 aliphatic rings. The fraction of sp³-hybridized carbons (Fsp3) is 0.692. The second kappa shape index (κ2) is 7.60. The van der Waals surface area contributed by atoms with Crippen molar-refractivity contribution in [2.45, 2.75) is 31.9 Å². The van der Waals surface area contributed by atoms with Crippen LogP contribution in [-0.2, 0) is 11.3 Å². The third kappa shape index (κ3) is 4.63. The lowest BCUT2D eigenvalue weighted by atomic mass is 10.1. The van der Waals surface area contributed by atoms with Gasteiger partial charge in [-0.2, -0.15) is 0 Å². The van der Waals surface area contributed by atoms with Crippen LogP contribution in [0, 0.1) is 0 Å². The molecule has 5 heteroatoms. The molecule has 3 nitrogen and oxygen atoms in total. The number of piperidine rings is 1. The minimum atomic E-state index is 0.447. The Kier molecular flexibility index (Phi) is 6.11. The van der Waals surface area contributed by atoms with Crippen LogP contribution in [-0.4, -0.2) is 37.2 Å². The molecule has 1 fully saturated rings. The highest BCUT2D eigenvalue weighted by Gasteiger charge is 2.19. The number of halogens is 1. The number of hydrogen-bond acceptors (Lipinski definition) is 4. The molecule has 2 rings (SSSR count). The summed E-state index contributed by atoms with van der Waals surface area (Å²) >= 11 is 5.33. The molecule has 0 unspecified atom stereocenters. The van der Waals surface area contributed by atoms with Crippen molar-refractivity contribution >= 4 is 27.3 Å². The maximum absolute atomic E-state index is 5.81. The molecule has 0 radical (unpaired) electrons. The van der Waals surface area contributed by atoms with Crippen molar-refractivity contribution in [2.24, 2.45) is 5.73 Å². The fourth-order valence-electron chi connectivity index (χ4n) is 2.22. The summed E-state index contributed by atoms with van der Waals surface area (Å²) in [6, 6.07) is 2.22. The summed E-state index contributed by atoms with van der Waals surface area (Å²) in [4.78, 5) is 3.95. The Hall–Kier alpha value is 0.0600. The molecule has 2 N–H and O–H groups in total. The molecule has 1 aliphatic heterocycles. The van der Waals surface area contributed by atoms with E-state index in [1.54, 1.807) is 0 Å². The fourth-order valence-corrected chi connectivity index (χ4v) is 3.72. The second-order valence-electron chi connectivity index (χ2n) is 4.72. The molecule has 0 atom stereocenters. The Labute approximate surface area is 121 Å². The van der Waals surface area contributed by atoms with Crippen LogP contribution < -0.4 is 5.73 Å². The van der Waals surface area contributed by atoms with E-state index in [1.165, 1.54) is 9.35 Å². The molecule has 0 spiro atoms. The first-order chi connectivity index (χ1) is 8.78. The normalized spacial score (nSPS) is 18.3. The van der Waals surface area contributed by atoms with Gasteiger partial charge < -0.3 is 10.5 Å². The Bertz CT molecular complexity index is 351. The van der Waals surface area contributed by atoms with Gasteiger partial charge in [0.2, 0.25) is 0 Å². The third-order valence-corrected chi connectivity index (χ3v) is 4.92. The Morgan fingerprint density at radius 2 is 2.22 bits per heavy atom. The van der Waals surface area contributed by atoms with E-state index in [0.29, 0.717) is 6.10 Å². The smallest absolute Gasteiger partial charge is 0.0599 e. The van der Waals surface area contributed by atoms with Crippen LogP contribution in [0.4, 0.5) is 0 Å². The molecule has 102 valence electrons. The molecule has 1 aromatic rings. The van der Waals surface area contributed by atoms with Gasteiger partial charge in [-0.1, -0.05) is 0 Å². The number of nitrogens with zero attached hydrogens (tertiary/aromatic N) is 1. The predicted octanol–water partition coefficient (Wildman–Crippen LogP) is 2.84. The molecule has 0 amide bonds. The average Bonchev–Trinajstić information content (AvgIpc) is 2.77. The molecule has 18 heavy (non-hydrogen) atoms. The highest BCUT2D eigenvalue weighted by Crippen LogP contribution is 2.23. The predicted molar refractivity (Wildman–Crippen MR) is 79.9 cm³/mol. The summed E-state index contributed by atoms with van der Waals surface area (Å²) in [6.07, 6.45) is 3.72. The van der Waals surface area contributed by atoms with Crippen molar-refractivity contribution in [3.8, 4) is 0 Å². The first kappa shape index (κ1) is 14.5. The van der Waals surface area contributed by atoms with E-state index in [0.717, 1.165) is 52.0 Å². The van der Waals surface area contributed by atoms with Gasteiger partial charge in [-0.3, -0.25) is 4.90 Å². The van der Waals surface area contributed by atoms with E-state index in [-0.39, 0.29) is 0 Å². The first-order valence-electron chi connectivity index (χ1n) is 6.55. The summed E-state index contributed by atoms with van der Waals surface area (Å²) in [5.74, 6) is 0. The highest BCUT2D eigenvalue weighted by atomic mass is 79.9. The van der Waals surface area contributed by atoms with E-state index in [2.05, 4.69) is 32.3 Å². The zero-order chi connectivity index (χ0) is 12.8. The number of nitrogens with two attached hydrogens (primary N) is 1. The summed E-state index contributed by atoms with van der Waals surface area (Å²) in [5.41, 5.74) is 5.46. The van der Waals surface area contributed by atoms with E-state index >= 15 is 0 Å². The average molecular weight is 333 g/mol. The quantitative estimate of drug-likeness (QED) is 0.814. The number of thiophene rings is 1. The van der Waals surface area contributed by atoms with Gasteiger partial charge in [0, 0.05) is 41.0 Å². The molecule has 1 aromatic heterocycles. The van der Waals surface area contributed by atoms with Gasteiger partial charge in [0.05, 0.1) is 6.10 Å². The van der Waals surface area contributed by atoms with Gasteiger partial charge in [-0.15, -0.1) is 11.3 Å². The molecule has 0 aromatic carbocycles. The Morgan fingerprint density at radius 1 is 1.44 bits per heavy atom. The van der Waals surface area contributed by atoms with Crippen LogP contribution >= 0.6 is 27.3 Å². The lowest BCUT2D eigenvalue weighted by molar-refractivity contribution is 0.00582. The molecule has 1 saturated heterocycles. The van der Waals surface area contributed by atoms with Crippen molar-refractivity contribution in [3.63, 3.8) is 0 Å². The van der Waals surface area contributed by atoms with Gasteiger partial charge >= 0.3 is 0 Å². The highest BCUT2D eigenvalue weighted by molar-refractivity contribution is 9.10. The van der Waals surface area contributed by atoms with Crippen LogP contribution in [0.25, 0.3) is 0 Å². The zero-order valence-electron chi connectivity index (χ0n) is 10.6.